The molecule has 0 radical (unpaired) electrons. The fourth-order valence-corrected chi connectivity index (χ4v) is 5.03. The van der Waals surface area contributed by atoms with Gasteiger partial charge < -0.3 is 29.4 Å². The second-order valence-corrected chi connectivity index (χ2v) is 10.9. The number of hydrogen-bond donors (Lipinski definition) is 1. The van der Waals surface area contributed by atoms with Crippen LogP contribution in [-0.2, 0) is 18.9 Å². The van der Waals surface area contributed by atoms with Crippen LogP contribution < -0.4 is 10.5 Å². The van der Waals surface area contributed by atoms with E-state index in [0.717, 1.165) is 0 Å². The molecule has 0 saturated carbocycles. The normalized spacial score (nSPS) is 19.0. The van der Waals surface area contributed by atoms with Crippen molar-refractivity contribution in [2.75, 3.05) is 12.3 Å². The lowest BCUT2D eigenvalue weighted by molar-refractivity contribution is -0.0668. The van der Waals surface area contributed by atoms with Crippen LogP contribution in [-0.4, -0.2) is 68.7 Å². The van der Waals surface area contributed by atoms with E-state index in [4.69, 9.17) is 29.4 Å². The van der Waals surface area contributed by atoms with Crippen LogP contribution in [0.25, 0.3) is 11.0 Å². The Morgan fingerprint density at radius 1 is 0.787 bits per heavy atom. The number of ether oxygens (including phenoxy) is 5. The van der Waals surface area contributed by atoms with Crippen LogP contribution in [0.1, 0.15) is 51.1 Å². The number of nitrogen functional groups attached to an aromatic ring is 1. The third-order valence-corrected chi connectivity index (χ3v) is 7.17. The third-order valence-electron chi connectivity index (χ3n) is 7.17. The number of fused-ring (bicyclic) bond motifs is 1. The van der Waals surface area contributed by atoms with Crippen molar-refractivity contribution in [3.05, 3.63) is 114 Å². The summed E-state index contributed by atoms with van der Waals surface area (Å²) in [6.45, 7) is 3.33. The summed E-state index contributed by atoms with van der Waals surface area (Å²) >= 11 is 0. The van der Waals surface area contributed by atoms with E-state index in [-0.39, 0.29) is 41.3 Å². The molecule has 47 heavy (non-hydrogen) atoms. The van der Waals surface area contributed by atoms with Crippen LogP contribution >= 0.6 is 0 Å². The Kier molecular flexibility index (Phi) is 9.06. The SMILES string of the molecule is CC(C)Oc1nc(N)nc2nn([C@@H]3O[C@H](COC(=O)c4ccccc4)[C@@H](OC(=O)c4ccccc4)[C@H]3OC(=O)c3ccccc3)cc12. The molecule has 1 fully saturated rings. The molecular formula is C34H31N5O8. The van der Waals surface area contributed by atoms with Crippen molar-refractivity contribution < 1.29 is 38.1 Å². The maximum atomic E-state index is 13.4. The second kappa shape index (κ2) is 13.7. The van der Waals surface area contributed by atoms with Gasteiger partial charge in [0.15, 0.2) is 24.1 Å². The lowest BCUT2D eigenvalue weighted by Gasteiger charge is -2.24. The first kappa shape index (κ1) is 31.2. The molecule has 2 aromatic heterocycles. The highest BCUT2D eigenvalue weighted by atomic mass is 16.7. The molecule has 4 atom stereocenters. The van der Waals surface area contributed by atoms with Crippen molar-refractivity contribution in [3.8, 4) is 5.88 Å². The van der Waals surface area contributed by atoms with Crippen LogP contribution in [0.5, 0.6) is 5.88 Å². The standard InChI is InChI=1S/C34H31N5O8/c1-20(2)44-29-24-18-39(38-28(24)36-34(35)37-29)30-27(47-33(42)23-16-10-5-11-17-23)26(46-32(41)22-14-8-4-9-15-22)25(45-30)19-43-31(40)21-12-6-3-7-13-21/h3-18,20,25-27,30H,19H2,1-2H3,(H2,35,36,38)/t25-,26-,27-,30-/m1/s1. The van der Waals surface area contributed by atoms with Crippen molar-refractivity contribution in [1.82, 2.24) is 19.7 Å². The van der Waals surface area contributed by atoms with Crippen LogP contribution in [0.2, 0.25) is 0 Å². The van der Waals surface area contributed by atoms with Gasteiger partial charge in [0.05, 0.1) is 22.8 Å². The maximum absolute atomic E-state index is 13.4. The van der Waals surface area contributed by atoms with Crippen molar-refractivity contribution in [2.45, 2.75) is 44.5 Å². The van der Waals surface area contributed by atoms with Gasteiger partial charge in [0.1, 0.15) is 18.1 Å². The number of carbonyl (C=O) groups is 3. The van der Waals surface area contributed by atoms with Gasteiger partial charge in [-0.3, -0.25) is 0 Å². The average Bonchev–Trinajstić information content (AvgIpc) is 3.65. The Morgan fingerprint density at radius 2 is 1.32 bits per heavy atom. The summed E-state index contributed by atoms with van der Waals surface area (Å²) in [7, 11) is 0. The summed E-state index contributed by atoms with van der Waals surface area (Å²) < 4.78 is 31.2. The van der Waals surface area contributed by atoms with Gasteiger partial charge in [-0.05, 0) is 50.2 Å². The molecule has 2 N–H and O–H groups in total. The zero-order chi connectivity index (χ0) is 32.9. The summed E-state index contributed by atoms with van der Waals surface area (Å²) in [5.74, 6) is -1.87. The highest BCUT2D eigenvalue weighted by molar-refractivity contribution is 5.91. The van der Waals surface area contributed by atoms with E-state index in [0.29, 0.717) is 10.9 Å². The Balaban J connectivity index is 1.39. The van der Waals surface area contributed by atoms with E-state index in [9.17, 15) is 14.4 Å². The zero-order valence-corrected chi connectivity index (χ0v) is 25.5. The lowest BCUT2D eigenvalue weighted by Crippen LogP contribution is -2.41. The maximum Gasteiger partial charge on any atom is 0.338 e. The van der Waals surface area contributed by atoms with Gasteiger partial charge >= 0.3 is 17.9 Å². The fraction of sp³-hybridized carbons (Fsp3) is 0.235. The molecule has 1 aliphatic heterocycles. The number of benzene rings is 3. The number of rotatable bonds is 10. The smallest absolute Gasteiger partial charge is 0.338 e. The Morgan fingerprint density at radius 3 is 1.87 bits per heavy atom. The minimum absolute atomic E-state index is 0.0573. The van der Waals surface area contributed by atoms with Crippen molar-refractivity contribution >= 4 is 34.9 Å². The Labute approximate surface area is 269 Å². The number of anilines is 1. The Bertz CT molecular complexity index is 1870. The molecule has 3 heterocycles. The van der Waals surface area contributed by atoms with E-state index in [1.807, 2.05) is 13.8 Å². The minimum atomic E-state index is -1.26. The third kappa shape index (κ3) is 7.05. The van der Waals surface area contributed by atoms with Gasteiger partial charge in [0.25, 0.3) is 0 Å². The monoisotopic (exact) mass is 637 g/mol. The molecule has 0 bridgehead atoms. The molecule has 3 aromatic carbocycles. The molecule has 1 aliphatic rings. The zero-order valence-electron chi connectivity index (χ0n) is 25.5. The van der Waals surface area contributed by atoms with Gasteiger partial charge in [0.2, 0.25) is 11.8 Å². The van der Waals surface area contributed by atoms with Gasteiger partial charge in [-0.25, -0.2) is 19.1 Å². The molecule has 0 unspecified atom stereocenters. The van der Waals surface area contributed by atoms with E-state index in [1.54, 1.807) is 97.2 Å². The largest absolute Gasteiger partial charge is 0.474 e. The van der Waals surface area contributed by atoms with Crippen molar-refractivity contribution in [1.29, 1.82) is 0 Å². The summed E-state index contributed by atoms with van der Waals surface area (Å²) in [5.41, 5.74) is 6.97. The van der Waals surface area contributed by atoms with Crippen LogP contribution in [0, 0.1) is 0 Å². The molecule has 0 spiro atoms. The first-order valence-corrected chi connectivity index (χ1v) is 14.9. The molecular weight excluding hydrogens is 606 g/mol. The summed E-state index contributed by atoms with van der Waals surface area (Å²) in [6, 6.07) is 25.0. The quantitative estimate of drug-likeness (QED) is 0.170. The fourth-order valence-electron chi connectivity index (χ4n) is 5.03. The van der Waals surface area contributed by atoms with E-state index in [1.165, 1.54) is 4.68 Å². The number of nitrogens with two attached hydrogens (primary N) is 1. The summed E-state index contributed by atoms with van der Waals surface area (Å²) in [5, 5.41) is 4.96. The van der Waals surface area contributed by atoms with Gasteiger partial charge in [0, 0.05) is 6.20 Å². The van der Waals surface area contributed by atoms with Crippen molar-refractivity contribution in [2.24, 2.45) is 0 Å². The number of aromatic nitrogens is 4. The molecule has 5 aromatic rings. The minimum Gasteiger partial charge on any atom is -0.474 e. The predicted octanol–water partition coefficient (Wildman–Crippen LogP) is 4.40. The summed E-state index contributed by atoms with van der Waals surface area (Å²) in [4.78, 5) is 48.1. The van der Waals surface area contributed by atoms with Crippen molar-refractivity contribution in [3.63, 3.8) is 0 Å². The molecule has 13 nitrogen and oxygen atoms in total. The van der Waals surface area contributed by atoms with Crippen LogP contribution in [0.3, 0.4) is 0 Å². The predicted molar refractivity (Wildman–Crippen MR) is 167 cm³/mol. The molecule has 6 rings (SSSR count). The van der Waals surface area contributed by atoms with Crippen LogP contribution in [0.15, 0.2) is 97.2 Å². The molecule has 0 aliphatic carbocycles. The molecule has 240 valence electrons. The molecule has 0 amide bonds. The highest BCUT2D eigenvalue weighted by Crippen LogP contribution is 2.37. The number of esters is 3. The van der Waals surface area contributed by atoms with E-state index < -0.39 is 42.4 Å². The number of carbonyl (C=O) groups excluding carboxylic acids is 3. The topological polar surface area (TPSA) is 167 Å². The first-order valence-electron chi connectivity index (χ1n) is 14.9. The number of nitrogens with zero attached hydrogens (tertiary/aromatic N) is 4. The van der Waals surface area contributed by atoms with Gasteiger partial charge in [-0.1, -0.05) is 54.6 Å². The highest BCUT2D eigenvalue weighted by Gasteiger charge is 2.52. The van der Waals surface area contributed by atoms with Crippen LogP contribution in [0.4, 0.5) is 5.95 Å². The second-order valence-electron chi connectivity index (χ2n) is 10.9. The summed E-state index contributed by atoms with van der Waals surface area (Å²) in [6.07, 6.45) is -3.41. The number of hydrogen-bond acceptors (Lipinski definition) is 12. The Hall–Kier alpha value is -5.82. The molecule has 13 heteroatoms. The van der Waals surface area contributed by atoms with Gasteiger partial charge in [-0.2, -0.15) is 9.97 Å². The molecule has 1 saturated heterocycles. The van der Waals surface area contributed by atoms with Gasteiger partial charge in [-0.15, -0.1) is 5.10 Å². The first-order chi connectivity index (χ1) is 22.8. The van der Waals surface area contributed by atoms with E-state index in [2.05, 4.69) is 15.1 Å². The average molecular weight is 638 g/mol. The van der Waals surface area contributed by atoms with E-state index >= 15 is 0 Å². The lowest BCUT2D eigenvalue weighted by atomic mass is 10.1.